The monoisotopic (exact) mass is 662 g/mol. The van der Waals surface area contributed by atoms with Gasteiger partial charge in [0.2, 0.25) is 0 Å². The van der Waals surface area contributed by atoms with Crippen molar-refractivity contribution in [2.45, 2.75) is 49.6 Å². The Morgan fingerprint density at radius 3 is 2.80 bits per heavy atom. The van der Waals surface area contributed by atoms with E-state index in [2.05, 4.69) is 9.97 Å². The molecule has 8 nitrogen and oxygen atoms in total. The van der Waals surface area contributed by atoms with Crippen molar-refractivity contribution in [1.29, 1.82) is 5.26 Å². The molecule has 4 aromatic rings. The number of alkyl halides is 4. The third kappa shape index (κ3) is 4.89. The average Bonchev–Trinajstić information content (AvgIpc) is 3.79. The highest BCUT2D eigenvalue weighted by Crippen LogP contribution is 2.48. The number of nitrogens with two attached hydrogens (primary N) is 1. The number of benzene rings is 2. The molecule has 0 unspecified atom stereocenters. The minimum atomic E-state index is -5.07. The van der Waals surface area contributed by atoms with Crippen LogP contribution in [0.1, 0.15) is 36.8 Å². The van der Waals surface area contributed by atoms with E-state index in [1.54, 1.807) is 11.9 Å². The number of hydrogen-bond donors (Lipinski definition) is 1. The Hall–Kier alpha value is -3.87. The van der Waals surface area contributed by atoms with E-state index in [4.69, 9.17) is 15.2 Å². The van der Waals surface area contributed by atoms with Crippen LogP contribution in [0, 0.1) is 23.0 Å². The fourth-order valence-corrected chi connectivity index (χ4v) is 8.12. The number of halogens is 6. The maximum Gasteiger partial charge on any atom is 0.417 e. The molecule has 2 aromatic heterocycles. The van der Waals surface area contributed by atoms with E-state index in [-0.39, 0.29) is 75.6 Å². The second-order valence-electron chi connectivity index (χ2n) is 12.1. The van der Waals surface area contributed by atoms with Gasteiger partial charge in [0.05, 0.1) is 34.0 Å². The number of thiophene rings is 1. The number of aromatic nitrogens is 2. The van der Waals surface area contributed by atoms with Crippen molar-refractivity contribution in [2.24, 2.45) is 0 Å². The van der Waals surface area contributed by atoms with Crippen LogP contribution in [0.15, 0.2) is 18.2 Å². The smallest absolute Gasteiger partial charge is 0.417 e. The summed E-state index contributed by atoms with van der Waals surface area (Å²) in [5, 5.41) is 9.22. The van der Waals surface area contributed by atoms with Crippen LogP contribution < -0.4 is 15.4 Å². The van der Waals surface area contributed by atoms with E-state index in [1.807, 2.05) is 11.0 Å². The summed E-state index contributed by atoms with van der Waals surface area (Å²) < 4.78 is 102. The highest BCUT2D eigenvalue weighted by Gasteiger charge is 2.49. The maximum atomic E-state index is 16.9. The van der Waals surface area contributed by atoms with E-state index in [0.717, 1.165) is 24.6 Å². The van der Waals surface area contributed by atoms with Crippen LogP contribution in [-0.2, 0) is 10.9 Å². The number of nitrogen functional groups attached to an aromatic ring is 1. The number of hydrogen-bond acceptors (Lipinski definition) is 9. The SMILES string of the molecule is CN(c1nc(OC[C@@]23CCCN2C[C@H](F)C3)nc2c(F)c(-c3ccc(F)c4sc(N)c(C#N)c34)c(C(F)(F)F)cc12)[C@@H]1CCOC1. The zero-order valence-corrected chi connectivity index (χ0v) is 25.4. The molecule has 2 aromatic carbocycles. The van der Waals surface area contributed by atoms with Gasteiger partial charge in [0.15, 0.2) is 5.82 Å². The summed E-state index contributed by atoms with van der Waals surface area (Å²) in [6.07, 6.45) is -3.74. The molecule has 3 fully saturated rings. The molecule has 0 radical (unpaired) electrons. The Kier molecular flexibility index (Phi) is 7.45. The molecule has 46 heavy (non-hydrogen) atoms. The van der Waals surface area contributed by atoms with Crippen LogP contribution in [0.2, 0.25) is 0 Å². The molecule has 3 saturated heterocycles. The van der Waals surface area contributed by atoms with Gasteiger partial charge in [0.1, 0.15) is 41.0 Å². The summed E-state index contributed by atoms with van der Waals surface area (Å²) in [7, 11) is 1.63. The number of anilines is 2. The van der Waals surface area contributed by atoms with Gasteiger partial charge in [-0.15, -0.1) is 11.3 Å². The van der Waals surface area contributed by atoms with Gasteiger partial charge in [0, 0.05) is 43.0 Å². The summed E-state index contributed by atoms with van der Waals surface area (Å²) in [6, 6.07) is 3.98. The first-order valence-corrected chi connectivity index (χ1v) is 15.6. The van der Waals surface area contributed by atoms with Crippen LogP contribution in [0.4, 0.5) is 37.2 Å². The molecule has 242 valence electrons. The molecular weight excluding hydrogens is 634 g/mol. The molecular formula is C31H28F6N6O2S. The lowest BCUT2D eigenvalue weighted by Gasteiger charge is -2.31. The van der Waals surface area contributed by atoms with Crippen molar-refractivity contribution >= 4 is 43.1 Å². The van der Waals surface area contributed by atoms with Crippen molar-refractivity contribution in [3.8, 4) is 23.2 Å². The first-order chi connectivity index (χ1) is 21.9. The van der Waals surface area contributed by atoms with Crippen LogP contribution >= 0.6 is 11.3 Å². The molecule has 3 aliphatic rings. The van der Waals surface area contributed by atoms with Crippen molar-refractivity contribution in [2.75, 3.05) is 50.6 Å². The minimum absolute atomic E-state index is 0.00348. The van der Waals surface area contributed by atoms with Crippen molar-refractivity contribution in [3.63, 3.8) is 0 Å². The Morgan fingerprint density at radius 1 is 1.28 bits per heavy atom. The number of rotatable bonds is 6. The molecule has 15 heteroatoms. The van der Waals surface area contributed by atoms with E-state index in [0.29, 0.717) is 37.3 Å². The molecule has 3 aliphatic heterocycles. The molecule has 0 bridgehead atoms. The molecule has 7 rings (SSSR count). The number of fused-ring (bicyclic) bond motifs is 3. The molecule has 0 saturated carbocycles. The van der Waals surface area contributed by atoms with Crippen LogP contribution in [0.25, 0.3) is 32.1 Å². The fourth-order valence-electron chi connectivity index (χ4n) is 7.17. The first kappa shape index (κ1) is 30.8. The maximum absolute atomic E-state index is 16.9. The van der Waals surface area contributed by atoms with E-state index in [1.165, 1.54) is 0 Å². The predicted octanol–water partition coefficient (Wildman–Crippen LogP) is 6.44. The third-order valence-electron chi connectivity index (χ3n) is 9.41. The van der Waals surface area contributed by atoms with Crippen molar-refractivity contribution in [1.82, 2.24) is 14.9 Å². The Balaban J connectivity index is 1.46. The normalized spacial score (nSPS) is 23.3. The van der Waals surface area contributed by atoms with Crippen LogP contribution in [-0.4, -0.2) is 72.6 Å². The second kappa shape index (κ2) is 11.1. The number of likely N-dealkylation sites (N-methyl/N-ethyl adjacent to an activating group) is 1. The van der Waals surface area contributed by atoms with Gasteiger partial charge in [0.25, 0.3) is 0 Å². The number of nitrogens with zero attached hydrogens (tertiary/aromatic N) is 5. The van der Waals surface area contributed by atoms with Crippen LogP contribution in [0.3, 0.4) is 0 Å². The summed E-state index contributed by atoms with van der Waals surface area (Å²) in [5.74, 6) is -2.15. The van der Waals surface area contributed by atoms with E-state index >= 15 is 4.39 Å². The molecule has 0 aliphatic carbocycles. The topological polar surface area (TPSA) is 101 Å². The zero-order valence-electron chi connectivity index (χ0n) is 24.6. The van der Waals surface area contributed by atoms with Gasteiger partial charge < -0.3 is 20.1 Å². The highest BCUT2D eigenvalue weighted by molar-refractivity contribution is 7.23. The first-order valence-electron chi connectivity index (χ1n) is 14.8. The van der Waals surface area contributed by atoms with Crippen molar-refractivity contribution in [3.05, 3.63) is 41.0 Å². The Morgan fingerprint density at radius 2 is 2.09 bits per heavy atom. The lowest BCUT2D eigenvalue weighted by atomic mass is 9.92. The summed E-state index contributed by atoms with van der Waals surface area (Å²) >= 11 is 0.692. The molecule has 0 spiro atoms. The zero-order chi connectivity index (χ0) is 32.5. The van der Waals surface area contributed by atoms with Crippen LogP contribution in [0.5, 0.6) is 6.01 Å². The number of nitriles is 1. The van der Waals surface area contributed by atoms with E-state index in [9.17, 15) is 27.2 Å². The standard InChI is InChI=1S/C31H28F6N6O2S/c1-42(16-5-8-44-13-16)28-18-9-20(31(35,36)37)23(17-3-4-21(33)26-22(17)19(11-38)27(39)46-26)24(34)25(18)40-29(41-28)45-14-30-6-2-7-43(30)12-15(32)10-30/h3-4,9,15-16H,2,5-8,10,12-14,39H2,1H3/t15-,16-,30+/m1/s1. The van der Waals surface area contributed by atoms with Gasteiger partial charge in [-0.25, -0.2) is 13.2 Å². The summed E-state index contributed by atoms with van der Waals surface area (Å²) in [6.45, 7) is 1.72. The highest BCUT2D eigenvalue weighted by atomic mass is 32.1. The third-order valence-corrected chi connectivity index (χ3v) is 10.4. The quantitative estimate of drug-likeness (QED) is 0.236. The van der Waals surface area contributed by atoms with Gasteiger partial charge >= 0.3 is 12.2 Å². The summed E-state index contributed by atoms with van der Waals surface area (Å²) in [5.41, 5.74) is 2.03. The van der Waals surface area contributed by atoms with Crippen molar-refractivity contribution < 1.29 is 35.8 Å². The fraction of sp³-hybridized carbons (Fsp3) is 0.452. The average molecular weight is 663 g/mol. The largest absolute Gasteiger partial charge is 0.461 e. The molecule has 3 atom stereocenters. The summed E-state index contributed by atoms with van der Waals surface area (Å²) in [4.78, 5) is 12.4. The lowest BCUT2D eigenvalue weighted by Crippen LogP contribution is -2.43. The second-order valence-corrected chi connectivity index (χ2v) is 13.1. The van der Waals surface area contributed by atoms with Gasteiger partial charge in [-0.05, 0) is 43.5 Å². The Labute approximate surface area is 263 Å². The Bertz CT molecular complexity index is 1910. The number of ether oxygens (including phenoxy) is 2. The predicted molar refractivity (Wildman–Crippen MR) is 161 cm³/mol. The molecule has 0 amide bonds. The molecule has 5 heterocycles. The van der Waals surface area contributed by atoms with Gasteiger partial charge in [-0.2, -0.15) is 28.4 Å². The molecule has 2 N–H and O–H groups in total. The van der Waals surface area contributed by atoms with E-state index < -0.39 is 46.2 Å². The van der Waals surface area contributed by atoms with Gasteiger partial charge in [-0.1, -0.05) is 6.07 Å². The van der Waals surface area contributed by atoms with Gasteiger partial charge in [-0.3, -0.25) is 4.90 Å². The lowest BCUT2D eigenvalue weighted by molar-refractivity contribution is -0.137. The minimum Gasteiger partial charge on any atom is -0.461 e.